The van der Waals surface area contributed by atoms with Gasteiger partial charge in [-0.25, -0.2) is 15.0 Å². The first kappa shape index (κ1) is 21.8. The summed E-state index contributed by atoms with van der Waals surface area (Å²) in [4.78, 5) is 23.7. The molecule has 11 heteroatoms. The van der Waals surface area contributed by atoms with Gasteiger partial charge in [-0.1, -0.05) is 12.1 Å². The second-order valence-electron chi connectivity index (χ2n) is 6.73. The summed E-state index contributed by atoms with van der Waals surface area (Å²) < 4.78 is 42.0. The fraction of sp³-hybridized carbons (Fsp3) is 0.200. The number of aromatic nitrogens is 4. The molecule has 0 saturated carbocycles. The molecule has 1 unspecified atom stereocenters. The molecule has 160 valence electrons. The van der Waals surface area contributed by atoms with E-state index < -0.39 is 23.2 Å². The highest BCUT2D eigenvalue weighted by Gasteiger charge is 2.60. The first-order chi connectivity index (χ1) is 14.4. The molecule has 0 saturated heterocycles. The van der Waals surface area contributed by atoms with Crippen molar-refractivity contribution in [3.05, 3.63) is 59.4 Å². The molecule has 0 radical (unpaired) electrons. The third-order valence-electron chi connectivity index (χ3n) is 4.62. The Morgan fingerprint density at radius 1 is 1.23 bits per heavy atom. The van der Waals surface area contributed by atoms with Gasteiger partial charge in [-0.3, -0.25) is 4.79 Å². The van der Waals surface area contributed by atoms with Gasteiger partial charge in [0.15, 0.2) is 11.5 Å². The normalized spacial score (nSPS) is 13.2. The molecule has 3 aromatic rings. The summed E-state index contributed by atoms with van der Waals surface area (Å²) in [6, 6.07) is 3.28. The highest BCUT2D eigenvalue weighted by molar-refractivity contribution is 5.86. The van der Waals surface area contributed by atoms with Crippen LogP contribution >= 0.6 is 0 Å². The number of amides is 1. The van der Waals surface area contributed by atoms with E-state index in [0.717, 1.165) is 12.1 Å². The van der Waals surface area contributed by atoms with Crippen molar-refractivity contribution in [1.82, 2.24) is 19.5 Å². The number of rotatable bonds is 3. The number of halogens is 3. The Morgan fingerprint density at radius 2 is 1.94 bits per heavy atom. The molecule has 0 aliphatic rings. The van der Waals surface area contributed by atoms with E-state index in [4.69, 9.17) is 11.5 Å². The third-order valence-corrected chi connectivity index (χ3v) is 4.62. The Bertz CT molecular complexity index is 1230. The van der Waals surface area contributed by atoms with Crippen LogP contribution in [0.3, 0.4) is 0 Å². The van der Waals surface area contributed by atoms with Gasteiger partial charge in [-0.15, -0.1) is 0 Å². The summed E-state index contributed by atoms with van der Waals surface area (Å²) in [5, 5.41) is 10.1. The van der Waals surface area contributed by atoms with Crippen LogP contribution in [0.2, 0.25) is 0 Å². The zero-order chi connectivity index (χ0) is 23.0. The molecular weight excluding hydrogens is 413 g/mol. The topological polar surface area (TPSA) is 133 Å². The molecule has 0 aliphatic heterocycles. The minimum absolute atomic E-state index is 0.0242. The van der Waals surface area contributed by atoms with E-state index in [9.17, 15) is 23.1 Å². The van der Waals surface area contributed by atoms with E-state index in [2.05, 4.69) is 26.8 Å². The largest absolute Gasteiger partial charge is 0.430 e. The number of aryl methyl sites for hydroxylation is 2. The van der Waals surface area contributed by atoms with Gasteiger partial charge in [0.2, 0.25) is 0 Å². The molecule has 3 rings (SSSR count). The minimum Gasteiger partial charge on any atom is -0.381 e. The summed E-state index contributed by atoms with van der Waals surface area (Å²) in [5.74, 6) is 3.67. The summed E-state index contributed by atoms with van der Waals surface area (Å²) >= 11 is 0. The lowest BCUT2D eigenvalue weighted by atomic mass is 9.89. The van der Waals surface area contributed by atoms with Gasteiger partial charge in [0.1, 0.15) is 5.69 Å². The Hall–Kier alpha value is -3.91. The van der Waals surface area contributed by atoms with Crippen LogP contribution in [0.25, 0.3) is 11.3 Å². The van der Waals surface area contributed by atoms with E-state index in [1.54, 1.807) is 24.9 Å². The van der Waals surface area contributed by atoms with E-state index >= 15 is 0 Å². The van der Waals surface area contributed by atoms with Crippen molar-refractivity contribution < 1.29 is 23.1 Å². The van der Waals surface area contributed by atoms with Gasteiger partial charge in [-0.2, -0.15) is 13.2 Å². The quantitative estimate of drug-likeness (QED) is 0.538. The number of primary amides is 1. The van der Waals surface area contributed by atoms with E-state index in [0.29, 0.717) is 11.3 Å². The average Bonchev–Trinajstić information content (AvgIpc) is 3.11. The Morgan fingerprint density at radius 3 is 2.52 bits per heavy atom. The number of benzene rings is 1. The van der Waals surface area contributed by atoms with Crippen LogP contribution in [0.4, 0.5) is 19.0 Å². The predicted molar refractivity (Wildman–Crippen MR) is 105 cm³/mol. The lowest BCUT2D eigenvalue weighted by Gasteiger charge is -2.28. The van der Waals surface area contributed by atoms with Crippen LogP contribution in [0.15, 0.2) is 36.9 Å². The fourth-order valence-electron chi connectivity index (χ4n) is 2.79. The average molecular weight is 430 g/mol. The van der Waals surface area contributed by atoms with Crippen LogP contribution in [-0.4, -0.2) is 36.7 Å². The van der Waals surface area contributed by atoms with Crippen LogP contribution in [-0.2, 0) is 17.4 Å². The summed E-state index contributed by atoms with van der Waals surface area (Å²) in [6.45, 7) is 1.62. The van der Waals surface area contributed by atoms with Crippen molar-refractivity contribution in [3.8, 4) is 23.1 Å². The summed E-state index contributed by atoms with van der Waals surface area (Å²) in [6.07, 6.45) is -0.966. The molecule has 0 spiro atoms. The SMILES string of the molecule is Cc1ccc(C(O)(C(N)=O)C(F)(F)F)cc1-c1cnc(N)c(C#Cc2cncn2C)n1. The van der Waals surface area contributed by atoms with Crippen LogP contribution in [0, 0.1) is 18.8 Å². The van der Waals surface area contributed by atoms with Crippen molar-refractivity contribution in [3.63, 3.8) is 0 Å². The van der Waals surface area contributed by atoms with Crippen LogP contribution in [0.1, 0.15) is 22.5 Å². The maximum absolute atomic E-state index is 13.4. The zero-order valence-corrected chi connectivity index (χ0v) is 16.4. The number of hydrogen-bond acceptors (Lipinski definition) is 6. The number of nitrogens with zero attached hydrogens (tertiary/aromatic N) is 4. The van der Waals surface area contributed by atoms with Crippen molar-refractivity contribution in [2.24, 2.45) is 12.8 Å². The highest BCUT2D eigenvalue weighted by atomic mass is 19.4. The fourth-order valence-corrected chi connectivity index (χ4v) is 2.79. The second-order valence-corrected chi connectivity index (χ2v) is 6.73. The molecule has 8 nitrogen and oxygen atoms in total. The molecule has 2 heterocycles. The first-order valence-corrected chi connectivity index (χ1v) is 8.76. The maximum atomic E-state index is 13.4. The van der Waals surface area contributed by atoms with Gasteiger partial charge in [-0.05, 0) is 30.4 Å². The smallest absolute Gasteiger partial charge is 0.381 e. The molecule has 1 aromatic carbocycles. The van der Waals surface area contributed by atoms with E-state index in [1.165, 1.54) is 18.5 Å². The predicted octanol–water partition coefficient (Wildman–Crippen LogP) is 1.40. The van der Waals surface area contributed by atoms with E-state index in [-0.39, 0.29) is 22.8 Å². The number of aliphatic hydroxyl groups is 1. The van der Waals surface area contributed by atoms with Gasteiger partial charge < -0.3 is 21.1 Å². The Kier molecular flexibility index (Phi) is 5.43. The Labute approximate surface area is 174 Å². The number of anilines is 1. The molecule has 0 bridgehead atoms. The highest BCUT2D eigenvalue weighted by Crippen LogP contribution is 2.40. The molecule has 0 fully saturated rings. The number of alkyl halides is 3. The number of nitrogens with two attached hydrogens (primary N) is 2. The standard InChI is InChI=1S/C20H17F3N6O2/c1-11-3-4-12(19(31,18(25)30)20(21,22)23)7-14(11)16-9-27-17(24)15(28-16)6-5-13-8-26-10-29(13)2/h3-4,7-10,31H,1-2H3,(H2,24,27)(H2,25,30). The second kappa shape index (κ2) is 7.73. The molecule has 0 aliphatic carbocycles. The Balaban J connectivity index is 2.12. The number of imidazole rings is 1. The molecule has 5 N–H and O–H groups in total. The summed E-state index contributed by atoms with van der Waals surface area (Å²) in [5.41, 5.74) is 7.65. The monoisotopic (exact) mass is 430 g/mol. The first-order valence-electron chi connectivity index (χ1n) is 8.76. The van der Waals surface area contributed by atoms with Crippen molar-refractivity contribution in [2.75, 3.05) is 5.73 Å². The summed E-state index contributed by atoms with van der Waals surface area (Å²) in [7, 11) is 1.75. The number of nitrogen functional groups attached to an aromatic ring is 1. The molecule has 2 aromatic heterocycles. The maximum Gasteiger partial charge on any atom is 0.430 e. The number of hydrogen-bond donors (Lipinski definition) is 3. The van der Waals surface area contributed by atoms with Gasteiger partial charge >= 0.3 is 6.18 Å². The van der Waals surface area contributed by atoms with Crippen LogP contribution < -0.4 is 11.5 Å². The lowest BCUT2D eigenvalue weighted by Crippen LogP contribution is -2.52. The molecular formula is C20H17F3N6O2. The van der Waals surface area contributed by atoms with Gasteiger partial charge in [0, 0.05) is 18.2 Å². The molecule has 1 atom stereocenters. The van der Waals surface area contributed by atoms with Crippen molar-refractivity contribution >= 4 is 11.7 Å². The number of carbonyl (C=O) groups is 1. The van der Waals surface area contributed by atoms with Crippen LogP contribution in [0.5, 0.6) is 0 Å². The third kappa shape index (κ3) is 3.93. The number of carbonyl (C=O) groups excluding carboxylic acids is 1. The van der Waals surface area contributed by atoms with E-state index in [1.807, 2.05) is 0 Å². The van der Waals surface area contributed by atoms with Crippen molar-refractivity contribution in [2.45, 2.75) is 18.7 Å². The minimum atomic E-state index is -5.32. The zero-order valence-electron chi connectivity index (χ0n) is 16.4. The van der Waals surface area contributed by atoms with Crippen molar-refractivity contribution in [1.29, 1.82) is 0 Å². The molecule has 1 amide bonds. The molecule has 31 heavy (non-hydrogen) atoms. The lowest BCUT2D eigenvalue weighted by molar-refractivity contribution is -0.255. The van der Waals surface area contributed by atoms with Gasteiger partial charge in [0.25, 0.3) is 11.5 Å². The van der Waals surface area contributed by atoms with Gasteiger partial charge in [0.05, 0.1) is 24.4 Å².